The van der Waals surface area contributed by atoms with Crippen molar-refractivity contribution in [2.75, 3.05) is 7.11 Å². The molecule has 6 heteroatoms. The van der Waals surface area contributed by atoms with Gasteiger partial charge < -0.3 is 9.84 Å². The summed E-state index contributed by atoms with van der Waals surface area (Å²) in [6.07, 6.45) is 3.44. The first kappa shape index (κ1) is 13.3. The van der Waals surface area contributed by atoms with Gasteiger partial charge in [0.15, 0.2) is 4.96 Å². The van der Waals surface area contributed by atoms with Crippen LogP contribution in [0.1, 0.15) is 22.9 Å². The number of hydrogen-bond donors (Lipinski definition) is 1. The molecule has 0 bridgehead atoms. The highest BCUT2D eigenvalue weighted by Crippen LogP contribution is 2.40. The van der Waals surface area contributed by atoms with Crippen molar-refractivity contribution in [3.05, 3.63) is 41.0 Å². The number of imidazole rings is 1. The molecule has 1 aliphatic rings. The van der Waals surface area contributed by atoms with Gasteiger partial charge in [0.25, 0.3) is 0 Å². The maximum atomic E-state index is 11.4. The maximum Gasteiger partial charge on any atom is 0.312 e. The molecule has 5 nitrogen and oxygen atoms in total. The van der Waals surface area contributed by atoms with E-state index in [9.17, 15) is 9.90 Å². The number of carboxylic acid groups (broad SMARTS) is 1. The summed E-state index contributed by atoms with van der Waals surface area (Å²) in [5.74, 6) is -0.395. The van der Waals surface area contributed by atoms with Crippen LogP contribution in [0.5, 0.6) is 5.75 Å². The zero-order valence-corrected chi connectivity index (χ0v) is 12.8. The molecule has 1 atom stereocenters. The molecule has 0 aliphatic heterocycles. The molecule has 3 aromatic rings. The Balaban J connectivity index is 1.84. The minimum absolute atomic E-state index is 0.420. The molecule has 2 heterocycles. The van der Waals surface area contributed by atoms with Crippen molar-refractivity contribution in [3.8, 4) is 17.0 Å². The topological polar surface area (TPSA) is 63.8 Å². The third-order valence-electron chi connectivity index (χ3n) is 4.09. The van der Waals surface area contributed by atoms with Gasteiger partial charge in [-0.1, -0.05) is 12.1 Å². The molecule has 0 spiro atoms. The van der Waals surface area contributed by atoms with Crippen molar-refractivity contribution >= 4 is 22.3 Å². The minimum atomic E-state index is -0.755. The number of rotatable bonds is 3. The van der Waals surface area contributed by atoms with Crippen molar-refractivity contribution < 1.29 is 14.6 Å². The fourth-order valence-corrected chi connectivity index (χ4v) is 4.20. The Labute approximate surface area is 130 Å². The van der Waals surface area contributed by atoms with Gasteiger partial charge >= 0.3 is 5.97 Å². The van der Waals surface area contributed by atoms with Crippen LogP contribution in [0.15, 0.2) is 30.5 Å². The molecular weight excluding hydrogens is 300 g/mol. The molecule has 2 aromatic heterocycles. The van der Waals surface area contributed by atoms with Crippen molar-refractivity contribution in [2.24, 2.45) is 0 Å². The van der Waals surface area contributed by atoms with E-state index >= 15 is 0 Å². The normalized spacial score (nSPS) is 16.9. The van der Waals surface area contributed by atoms with E-state index in [0.717, 1.165) is 39.0 Å². The van der Waals surface area contributed by atoms with Gasteiger partial charge in [-0.15, -0.1) is 11.3 Å². The Morgan fingerprint density at radius 1 is 1.50 bits per heavy atom. The number of carbonyl (C=O) groups is 1. The molecule has 0 radical (unpaired) electrons. The summed E-state index contributed by atoms with van der Waals surface area (Å²) in [4.78, 5) is 18.1. The van der Waals surface area contributed by atoms with Crippen molar-refractivity contribution in [1.82, 2.24) is 9.38 Å². The molecule has 1 aromatic carbocycles. The van der Waals surface area contributed by atoms with Gasteiger partial charge in [-0.25, -0.2) is 4.98 Å². The monoisotopic (exact) mass is 314 g/mol. The Morgan fingerprint density at radius 3 is 3.14 bits per heavy atom. The van der Waals surface area contributed by atoms with E-state index in [2.05, 4.69) is 4.98 Å². The smallest absolute Gasteiger partial charge is 0.312 e. The first-order valence-electron chi connectivity index (χ1n) is 7.05. The number of aromatic nitrogens is 2. The first-order chi connectivity index (χ1) is 10.7. The van der Waals surface area contributed by atoms with E-state index in [1.807, 2.05) is 34.9 Å². The van der Waals surface area contributed by atoms with Crippen LogP contribution < -0.4 is 4.74 Å². The SMILES string of the molecule is COc1cccc(-c2cn3c4c(sc3n2)CCC4C(=O)O)c1. The van der Waals surface area contributed by atoms with E-state index in [0.29, 0.717) is 6.42 Å². The highest BCUT2D eigenvalue weighted by Gasteiger charge is 2.33. The Hall–Kier alpha value is -2.34. The van der Waals surface area contributed by atoms with Gasteiger partial charge in [0.2, 0.25) is 0 Å². The largest absolute Gasteiger partial charge is 0.497 e. The number of carboxylic acids is 1. The predicted molar refractivity (Wildman–Crippen MR) is 83.8 cm³/mol. The molecule has 0 saturated carbocycles. The number of nitrogens with zero attached hydrogens (tertiary/aromatic N) is 2. The fourth-order valence-electron chi connectivity index (χ4n) is 3.02. The van der Waals surface area contributed by atoms with E-state index in [1.165, 1.54) is 0 Å². The number of hydrogen-bond acceptors (Lipinski definition) is 4. The lowest BCUT2D eigenvalue weighted by Crippen LogP contribution is -2.09. The number of benzene rings is 1. The van der Waals surface area contributed by atoms with E-state index < -0.39 is 11.9 Å². The van der Waals surface area contributed by atoms with Gasteiger partial charge in [-0.05, 0) is 25.0 Å². The third kappa shape index (κ3) is 1.91. The molecule has 1 aliphatic carbocycles. The zero-order valence-electron chi connectivity index (χ0n) is 11.9. The molecule has 0 fully saturated rings. The van der Waals surface area contributed by atoms with Crippen molar-refractivity contribution in [1.29, 1.82) is 0 Å². The first-order valence-corrected chi connectivity index (χ1v) is 7.87. The quantitative estimate of drug-likeness (QED) is 0.806. The summed E-state index contributed by atoms with van der Waals surface area (Å²) in [5, 5.41) is 9.38. The lowest BCUT2D eigenvalue weighted by molar-refractivity contribution is -0.138. The highest BCUT2D eigenvalue weighted by atomic mass is 32.1. The second kappa shape index (κ2) is 4.84. The third-order valence-corrected chi connectivity index (χ3v) is 5.22. The van der Waals surface area contributed by atoms with E-state index in [-0.39, 0.29) is 0 Å². The maximum absolute atomic E-state index is 11.4. The molecule has 0 amide bonds. The molecule has 1 N–H and O–H groups in total. The van der Waals surface area contributed by atoms with Crippen LogP contribution in [0.2, 0.25) is 0 Å². The van der Waals surface area contributed by atoms with Crippen LogP contribution >= 0.6 is 11.3 Å². The number of thiazole rings is 1. The Bertz CT molecular complexity index is 881. The number of aryl methyl sites for hydroxylation is 1. The predicted octanol–water partition coefficient (Wildman–Crippen LogP) is 3.19. The summed E-state index contributed by atoms with van der Waals surface area (Å²) in [5.41, 5.74) is 2.70. The Kier molecular flexibility index (Phi) is 2.94. The summed E-state index contributed by atoms with van der Waals surface area (Å²) >= 11 is 1.59. The van der Waals surface area contributed by atoms with Crippen LogP contribution in [0.4, 0.5) is 0 Å². The van der Waals surface area contributed by atoms with Gasteiger partial charge in [-0.2, -0.15) is 0 Å². The fraction of sp³-hybridized carbons (Fsp3) is 0.250. The van der Waals surface area contributed by atoms with Crippen molar-refractivity contribution in [2.45, 2.75) is 18.8 Å². The van der Waals surface area contributed by atoms with Gasteiger partial charge in [0.05, 0.1) is 24.4 Å². The molecular formula is C16H14N2O3S. The van der Waals surface area contributed by atoms with Crippen LogP contribution in [0.25, 0.3) is 16.2 Å². The summed E-state index contributed by atoms with van der Waals surface area (Å²) in [6.45, 7) is 0. The molecule has 0 saturated heterocycles. The van der Waals surface area contributed by atoms with E-state index in [4.69, 9.17) is 4.74 Å². The average molecular weight is 314 g/mol. The van der Waals surface area contributed by atoms with Crippen LogP contribution in [0, 0.1) is 0 Å². The number of ether oxygens (including phenoxy) is 1. The number of aliphatic carboxylic acids is 1. The standard InChI is InChI=1S/C16H14N2O3S/c1-21-10-4-2-3-9(7-10)12-8-18-14-11(15(19)20)5-6-13(14)22-16(18)17-12/h2-4,7-8,11H,5-6H2,1H3,(H,19,20). The zero-order chi connectivity index (χ0) is 15.3. The van der Waals surface area contributed by atoms with Crippen molar-refractivity contribution in [3.63, 3.8) is 0 Å². The van der Waals surface area contributed by atoms with Gasteiger partial charge in [0, 0.05) is 16.6 Å². The van der Waals surface area contributed by atoms with Crippen LogP contribution in [-0.2, 0) is 11.2 Å². The van der Waals surface area contributed by atoms with E-state index in [1.54, 1.807) is 18.4 Å². The molecule has 1 unspecified atom stereocenters. The highest BCUT2D eigenvalue weighted by molar-refractivity contribution is 7.17. The molecule has 112 valence electrons. The van der Waals surface area contributed by atoms with Crippen LogP contribution in [0.3, 0.4) is 0 Å². The number of methoxy groups -OCH3 is 1. The molecule has 4 rings (SSSR count). The van der Waals surface area contributed by atoms with Gasteiger partial charge in [-0.3, -0.25) is 9.20 Å². The minimum Gasteiger partial charge on any atom is -0.497 e. The van der Waals surface area contributed by atoms with Gasteiger partial charge in [0.1, 0.15) is 5.75 Å². The molecule has 22 heavy (non-hydrogen) atoms. The second-order valence-electron chi connectivity index (χ2n) is 5.35. The lowest BCUT2D eigenvalue weighted by atomic mass is 10.1. The summed E-state index contributed by atoms with van der Waals surface area (Å²) < 4.78 is 7.19. The summed E-state index contributed by atoms with van der Waals surface area (Å²) in [6, 6.07) is 7.72. The second-order valence-corrected chi connectivity index (χ2v) is 6.41. The number of fused-ring (bicyclic) bond motifs is 3. The average Bonchev–Trinajstić information content (AvgIpc) is 3.17. The van der Waals surface area contributed by atoms with Crippen LogP contribution in [-0.4, -0.2) is 27.6 Å². The lowest BCUT2D eigenvalue weighted by Gasteiger charge is -2.04. The Morgan fingerprint density at radius 2 is 2.36 bits per heavy atom. The summed E-state index contributed by atoms with van der Waals surface area (Å²) in [7, 11) is 1.63.